The first kappa shape index (κ1) is 29.4. The van der Waals surface area contributed by atoms with Crippen LogP contribution >= 0.6 is 0 Å². The van der Waals surface area contributed by atoms with Crippen LogP contribution in [0, 0.1) is 0 Å². The van der Waals surface area contributed by atoms with Gasteiger partial charge in [0.25, 0.3) is 10.1 Å². The third-order valence-electron chi connectivity index (χ3n) is 6.57. The van der Waals surface area contributed by atoms with Gasteiger partial charge >= 0.3 is 0 Å². The largest absolute Gasteiger partial charge is 0.508 e. The molecule has 3 N–H and O–H groups in total. The molecule has 0 saturated heterocycles. The lowest BCUT2D eigenvalue weighted by Crippen LogP contribution is -2.20. The Balaban J connectivity index is 1.57. The molecule has 3 aromatic carbocycles. The zero-order valence-electron chi connectivity index (χ0n) is 21.8. The van der Waals surface area contributed by atoms with Crippen LogP contribution in [-0.2, 0) is 16.5 Å². The van der Waals surface area contributed by atoms with Crippen LogP contribution in [0.4, 0.5) is 0 Å². The summed E-state index contributed by atoms with van der Waals surface area (Å²) < 4.78 is 40.0. The first-order valence-electron chi connectivity index (χ1n) is 13.2. The van der Waals surface area contributed by atoms with E-state index in [1.54, 1.807) is 18.2 Å². The van der Waals surface area contributed by atoms with Crippen molar-refractivity contribution in [3.05, 3.63) is 108 Å². The van der Waals surface area contributed by atoms with Gasteiger partial charge in [0.1, 0.15) is 17.6 Å². The highest BCUT2D eigenvalue weighted by molar-refractivity contribution is 7.86. The number of hydrogen-bond acceptors (Lipinski definition) is 5. The van der Waals surface area contributed by atoms with Gasteiger partial charge in [-0.25, -0.2) is 0 Å². The van der Waals surface area contributed by atoms with E-state index in [0.717, 1.165) is 42.6 Å². The molecule has 0 bridgehead atoms. The van der Waals surface area contributed by atoms with E-state index in [-0.39, 0.29) is 24.7 Å². The van der Waals surface area contributed by atoms with E-state index in [4.69, 9.17) is 4.74 Å². The number of ether oxygens (including phenoxy) is 1. The number of aliphatic hydroxyl groups excluding tert-OH is 1. The van der Waals surface area contributed by atoms with Crippen LogP contribution in [0.2, 0.25) is 0 Å². The second-order valence-electron chi connectivity index (χ2n) is 9.53. The van der Waals surface area contributed by atoms with Gasteiger partial charge in [-0.15, -0.1) is 0 Å². The first-order chi connectivity index (χ1) is 18.3. The molecule has 0 heterocycles. The molecule has 0 saturated carbocycles. The molecule has 38 heavy (non-hydrogen) atoms. The second-order valence-corrected chi connectivity index (χ2v) is 11.2. The fraction of sp³-hybridized carbons (Fsp3) is 0.355. The normalized spacial score (nSPS) is 14.3. The number of phenols is 1. The van der Waals surface area contributed by atoms with Crippen LogP contribution < -0.4 is 4.74 Å². The van der Waals surface area contributed by atoms with E-state index in [2.05, 4.69) is 19.1 Å². The van der Waals surface area contributed by atoms with E-state index in [9.17, 15) is 23.2 Å². The highest BCUT2D eigenvalue weighted by Crippen LogP contribution is 2.27. The molecular formula is C31H38O6S. The summed E-state index contributed by atoms with van der Waals surface area (Å²) in [5.41, 5.74) is 2.67. The Morgan fingerprint density at radius 1 is 0.868 bits per heavy atom. The predicted molar refractivity (Wildman–Crippen MR) is 151 cm³/mol. The van der Waals surface area contributed by atoms with E-state index in [1.807, 2.05) is 42.5 Å². The lowest BCUT2D eigenvalue weighted by molar-refractivity contribution is 0.190. The number of allylic oxidation sites excluding steroid dienone is 1. The van der Waals surface area contributed by atoms with Crippen LogP contribution in [0.15, 0.2) is 91.0 Å². The maximum absolute atomic E-state index is 12.0. The highest BCUT2D eigenvalue weighted by atomic mass is 32.2. The molecule has 204 valence electrons. The van der Waals surface area contributed by atoms with Gasteiger partial charge in [0.2, 0.25) is 0 Å². The third-order valence-corrected chi connectivity index (χ3v) is 7.84. The van der Waals surface area contributed by atoms with Crippen LogP contribution in [0.5, 0.6) is 11.5 Å². The predicted octanol–water partition coefficient (Wildman–Crippen LogP) is 6.96. The lowest BCUT2D eigenvalue weighted by Gasteiger charge is -2.20. The number of phenolic OH excluding ortho intramolecular Hbond substituents is 1. The summed E-state index contributed by atoms with van der Waals surface area (Å²) >= 11 is 0. The summed E-state index contributed by atoms with van der Waals surface area (Å²) in [4.78, 5) is 0. The molecule has 0 amide bonds. The van der Waals surface area contributed by atoms with Crippen molar-refractivity contribution in [1.29, 1.82) is 0 Å². The molecule has 6 nitrogen and oxygen atoms in total. The average molecular weight is 539 g/mol. The maximum atomic E-state index is 12.0. The van der Waals surface area contributed by atoms with Crippen LogP contribution in [0.1, 0.15) is 74.3 Å². The van der Waals surface area contributed by atoms with Gasteiger partial charge in [-0.3, -0.25) is 4.55 Å². The van der Waals surface area contributed by atoms with Crippen molar-refractivity contribution in [3.63, 3.8) is 0 Å². The smallest absolute Gasteiger partial charge is 0.268 e. The van der Waals surface area contributed by atoms with E-state index >= 15 is 0 Å². The Labute approximate surface area is 226 Å². The van der Waals surface area contributed by atoms with E-state index in [1.165, 1.54) is 18.2 Å². The molecule has 0 aliphatic rings. The summed E-state index contributed by atoms with van der Waals surface area (Å²) in [5, 5.41) is 18.6. The van der Waals surface area contributed by atoms with Crippen molar-refractivity contribution in [2.45, 2.75) is 69.3 Å². The van der Waals surface area contributed by atoms with Crippen molar-refractivity contribution in [2.24, 2.45) is 0 Å². The van der Waals surface area contributed by atoms with Crippen molar-refractivity contribution >= 4 is 10.1 Å². The van der Waals surface area contributed by atoms with Gasteiger partial charge in [0, 0.05) is 0 Å². The van der Waals surface area contributed by atoms with Crippen LogP contribution in [-0.4, -0.2) is 28.4 Å². The Hall–Kier alpha value is -3.13. The molecule has 3 rings (SSSR count). The standard InChI is InChI=1S/C31H38O6S/c1-2-3-5-13-31(26-9-6-4-7-10-26)37-28-21-14-24(15-22-28)16-23-29(38(34,35)36)11-8-12-30(33)25-17-19-27(32)20-18-25/h4,6-10,12,14-15,17-22,29-33H,2-3,5,11,13,16,23H2,1H3,(H,34,35,36). The summed E-state index contributed by atoms with van der Waals surface area (Å²) in [6.07, 6.45) is 7.20. The molecule has 0 spiro atoms. The summed E-state index contributed by atoms with van der Waals surface area (Å²) in [6, 6.07) is 24.0. The van der Waals surface area contributed by atoms with Crippen LogP contribution in [0.3, 0.4) is 0 Å². The second kappa shape index (κ2) is 14.7. The minimum Gasteiger partial charge on any atom is -0.508 e. The van der Waals surface area contributed by atoms with Gasteiger partial charge in [0.05, 0.1) is 11.4 Å². The molecule has 0 aliphatic carbocycles. The summed E-state index contributed by atoms with van der Waals surface area (Å²) in [7, 11) is -4.26. The quantitative estimate of drug-likeness (QED) is 0.110. The molecule has 7 heteroatoms. The minimum atomic E-state index is -4.26. The number of rotatable bonds is 15. The Bertz CT molecular complexity index is 1220. The Morgan fingerprint density at radius 3 is 2.18 bits per heavy atom. The minimum absolute atomic E-state index is 0.0266. The summed E-state index contributed by atoms with van der Waals surface area (Å²) in [5.74, 6) is 0.857. The molecule has 3 atom stereocenters. The topological polar surface area (TPSA) is 104 Å². The number of aromatic hydroxyl groups is 1. The van der Waals surface area contributed by atoms with Crippen molar-refractivity contribution in [3.8, 4) is 11.5 Å². The lowest BCUT2D eigenvalue weighted by atomic mass is 10.0. The maximum Gasteiger partial charge on any atom is 0.268 e. The SMILES string of the molecule is CCCCCC(Oc1ccc(CCC(CC=CC(O)c2ccc(O)cc2)S(=O)(=O)O)cc1)c1ccccc1. The molecule has 0 aromatic heterocycles. The zero-order chi connectivity index (χ0) is 27.4. The van der Waals surface area contributed by atoms with Gasteiger partial charge in [-0.1, -0.05) is 86.5 Å². The van der Waals surface area contributed by atoms with Crippen molar-refractivity contribution < 1.29 is 27.9 Å². The van der Waals surface area contributed by atoms with E-state index < -0.39 is 21.5 Å². The zero-order valence-corrected chi connectivity index (χ0v) is 22.6. The first-order valence-corrected chi connectivity index (χ1v) is 14.7. The number of hydrogen-bond donors (Lipinski definition) is 3. The monoisotopic (exact) mass is 538 g/mol. The van der Waals surface area contributed by atoms with Gasteiger partial charge < -0.3 is 14.9 Å². The molecule has 0 radical (unpaired) electrons. The van der Waals surface area contributed by atoms with Crippen molar-refractivity contribution in [2.75, 3.05) is 0 Å². The fourth-order valence-electron chi connectivity index (χ4n) is 4.30. The Kier molecular flexibility index (Phi) is 11.4. The number of aliphatic hydroxyl groups is 1. The Morgan fingerprint density at radius 2 is 1.55 bits per heavy atom. The van der Waals surface area contributed by atoms with Gasteiger partial charge in [0.15, 0.2) is 0 Å². The number of unbranched alkanes of at least 4 members (excludes halogenated alkanes) is 2. The van der Waals surface area contributed by atoms with Gasteiger partial charge in [-0.05, 0) is 73.1 Å². The molecule has 3 unspecified atom stereocenters. The van der Waals surface area contributed by atoms with Crippen molar-refractivity contribution in [1.82, 2.24) is 0 Å². The fourth-order valence-corrected chi connectivity index (χ4v) is 5.07. The molecule has 0 aliphatic heterocycles. The molecule has 0 fully saturated rings. The summed E-state index contributed by atoms with van der Waals surface area (Å²) in [6.45, 7) is 2.18. The third kappa shape index (κ3) is 9.63. The number of benzene rings is 3. The molecule has 3 aromatic rings. The van der Waals surface area contributed by atoms with E-state index in [0.29, 0.717) is 12.0 Å². The highest BCUT2D eigenvalue weighted by Gasteiger charge is 2.22. The average Bonchev–Trinajstić information content (AvgIpc) is 2.91. The number of aryl methyl sites for hydroxylation is 1. The van der Waals surface area contributed by atoms with Gasteiger partial charge in [-0.2, -0.15) is 8.42 Å². The molecular weight excluding hydrogens is 500 g/mol. The van der Waals surface area contributed by atoms with Crippen LogP contribution in [0.25, 0.3) is 0 Å².